The molecule has 3 heterocycles. The lowest BCUT2D eigenvalue weighted by atomic mass is 9.79. The van der Waals surface area contributed by atoms with Crippen LogP contribution in [0.25, 0.3) is 0 Å². The third-order valence-electron chi connectivity index (χ3n) is 5.06. The van der Waals surface area contributed by atoms with Crippen LogP contribution in [0.15, 0.2) is 0 Å². The molecule has 0 unspecified atom stereocenters. The second kappa shape index (κ2) is 5.65. The number of rotatable bonds is 6. The number of hydrogen-bond donors (Lipinski definition) is 1. The first-order valence-electron chi connectivity index (χ1n) is 8.16. The fourth-order valence-electron chi connectivity index (χ4n) is 3.56. The molecule has 2 aliphatic heterocycles. The van der Waals surface area contributed by atoms with Gasteiger partial charge in [0.15, 0.2) is 0 Å². The van der Waals surface area contributed by atoms with Crippen molar-refractivity contribution in [1.29, 1.82) is 0 Å². The molecule has 3 fully saturated rings. The summed E-state index contributed by atoms with van der Waals surface area (Å²) in [6, 6.07) is 0. The maximum atomic E-state index is 11.9. The lowest BCUT2D eigenvalue weighted by Gasteiger charge is -2.50. The van der Waals surface area contributed by atoms with Crippen molar-refractivity contribution >= 4 is 26.5 Å². The van der Waals surface area contributed by atoms with Gasteiger partial charge in [0.2, 0.25) is 15.2 Å². The van der Waals surface area contributed by atoms with Crippen molar-refractivity contribution in [2.75, 3.05) is 31.1 Å². The topological polar surface area (TPSA) is 84.4 Å². The zero-order valence-electron chi connectivity index (χ0n) is 13.2. The van der Waals surface area contributed by atoms with Crippen LogP contribution in [0.5, 0.6) is 0 Å². The van der Waals surface area contributed by atoms with Crippen molar-refractivity contribution < 1.29 is 13.2 Å². The van der Waals surface area contributed by atoms with Crippen LogP contribution >= 0.6 is 11.3 Å². The molecule has 1 atom stereocenters. The Bertz CT molecular complexity index is 680. The molecule has 4 rings (SSSR count). The Hall–Kier alpha value is -0.770. The smallest absolute Gasteiger partial charge is 0.214 e. The highest BCUT2D eigenvalue weighted by Crippen LogP contribution is 2.43. The van der Waals surface area contributed by atoms with Crippen LogP contribution in [-0.4, -0.2) is 55.7 Å². The summed E-state index contributed by atoms with van der Waals surface area (Å²) in [5, 5.41) is 10.0. The lowest BCUT2D eigenvalue weighted by Crippen LogP contribution is -2.65. The van der Waals surface area contributed by atoms with Gasteiger partial charge in [0.25, 0.3) is 0 Å². The van der Waals surface area contributed by atoms with E-state index < -0.39 is 10.0 Å². The summed E-state index contributed by atoms with van der Waals surface area (Å²) >= 11 is 1.60. The second-order valence-corrected chi connectivity index (χ2v) is 9.99. The molecule has 23 heavy (non-hydrogen) atoms. The van der Waals surface area contributed by atoms with Gasteiger partial charge in [-0.05, 0) is 38.5 Å². The highest BCUT2D eigenvalue weighted by atomic mass is 32.2. The monoisotopic (exact) mass is 358 g/mol. The summed E-state index contributed by atoms with van der Waals surface area (Å²) in [4.78, 5) is 2.21. The van der Waals surface area contributed by atoms with E-state index in [-0.39, 0.29) is 10.9 Å². The normalized spacial score (nSPS) is 26.7. The second-order valence-electron chi connectivity index (χ2n) is 6.79. The molecule has 1 spiro atoms. The van der Waals surface area contributed by atoms with E-state index in [1.165, 1.54) is 0 Å². The average Bonchev–Trinajstić information content (AvgIpc) is 3.12. The predicted octanol–water partition coefficient (Wildman–Crippen LogP) is 0.914. The third-order valence-corrected chi connectivity index (χ3v) is 7.92. The van der Waals surface area contributed by atoms with E-state index in [4.69, 9.17) is 4.74 Å². The SMILES string of the molecule is Cc1nnc(N2CC3(C2)OCC[C@H]3CCNS(=O)(=O)C2CC2)s1. The zero-order valence-corrected chi connectivity index (χ0v) is 14.8. The van der Waals surface area contributed by atoms with Crippen LogP contribution in [0, 0.1) is 12.8 Å². The standard InChI is InChI=1S/C14H22N4O3S2/c1-10-16-17-13(22-10)18-8-14(9-18)11(5-7-21-14)4-6-15-23(19,20)12-2-3-12/h11-12,15H,2-9H2,1H3/t11-/m1/s1. The Kier molecular flexibility index (Phi) is 3.86. The average molecular weight is 358 g/mol. The largest absolute Gasteiger partial charge is 0.371 e. The van der Waals surface area contributed by atoms with Crippen molar-refractivity contribution in [3.63, 3.8) is 0 Å². The van der Waals surface area contributed by atoms with Crippen molar-refractivity contribution in [1.82, 2.24) is 14.9 Å². The van der Waals surface area contributed by atoms with Gasteiger partial charge < -0.3 is 9.64 Å². The zero-order chi connectivity index (χ0) is 16.1. The van der Waals surface area contributed by atoms with E-state index in [1.807, 2.05) is 6.92 Å². The van der Waals surface area contributed by atoms with Crippen LogP contribution in [0.4, 0.5) is 5.13 Å². The van der Waals surface area contributed by atoms with Crippen molar-refractivity contribution in [3.05, 3.63) is 5.01 Å². The van der Waals surface area contributed by atoms with Crippen LogP contribution in [0.3, 0.4) is 0 Å². The molecular weight excluding hydrogens is 336 g/mol. The summed E-state index contributed by atoms with van der Waals surface area (Å²) in [7, 11) is -3.07. The number of ether oxygens (including phenoxy) is 1. The quantitative estimate of drug-likeness (QED) is 0.814. The number of hydrogen-bond acceptors (Lipinski definition) is 7. The van der Waals surface area contributed by atoms with Gasteiger partial charge in [0, 0.05) is 13.2 Å². The molecule has 2 saturated heterocycles. The molecule has 1 N–H and O–H groups in total. The van der Waals surface area contributed by atoms with Crippen LogP contribution in [-0.2, 0) is 14.8 Å². The fraction of sp³-hybridized carbons (Fsp3) is 0.857. The van der Waals surface area contributed by atoms with Gasteiger partial charge in [0.1, 0.15) is 10.6 Å². The summed E-state index contributed by atoms with van der Waals surface area (Å²) < 4.78 is 32.6. The first-order valence-corrected chi connectivity index (χ1v) is 10.5. The number of nitrogens with zero attached hydrogens (tertiary/aromatic N) is 3. The van der Waals surface area contributed by atoms with E-state index in [2.05, 4.69) is 19.8 Å². The molecule has 1 aromatic rings. The summed E-state index contributed by atoms with van der Waals surface area (Å²) in [6.45, 7) is 4.91. The summed E-state index contributed by atoms with van der Waals surface area (Å²) in [5.74, 6) is 0.412. The van der Waals surface area contributed by atoms with Gasteiger partial charge in [-0.2, -0.15) is 0 Å². The summed E-state index contributed by atoms with van der Waals surface area (Å²) in [5.41, 5.74) is -0.120. The molecule has 0 radical (unpaired) electrons. The molecule has 0 bridgehead atoms. The van der Waals surface area contributed by atoms with E-state index in [9.17, 15) is 8.42 Å². The number of sulfonamides is 1. The Morgan fingerprint density at radius 1 is 1.35 bits per heavy atom. The molecule has 1 aromatic heterocycles. The van der Waals surface area contributed by atoms with Crippen molar-refractivity contribution in [2.24, 2.45) is 5.92 Å². The first-order chi connectivity index (χ1) is 11.0. The van der Waals surface area contributed by atoms with Gasteiger partial charge in [-0.1, -0.05) is 11.3 Å². The van der Waals surface area contributed by atoms with Crippen molar-refractivity contribution in [3.8, 4) is 0 Å². The molecule has 7 nitrogen and oxygen atoms in total. The number of anilines is 1. The van der Waals surface area contributed by atoms with E-state index in [1.54, 1.807) is 11.3 Å². The molecule has 9 heteroatoms. The van der Waals surface area contributed by atoms with Gasteiger partial charge in [-0.3, -0.25) is 0 Å². The number of nitrogens with one attached hydrogen (secondary N) is 1. The van der Waals surface area contributed by atoms with Gasteiger partial charge in [-0.25, -0.2) is 13.1 Å². The van der Waals surface area contributed by atoms with Crippen LogP contribution < -0.4 is 9.62 Å². The minimum Gasteiger partial charge on any atom is -0.371 e. The Morgan fingerprint density at radius 2 is 2.13 bits per heavy atom. The van der Waals surface area contributed by atoms with E-state index in [0.717, 1.165) is 55.5 Å². The minimum atomic E-state index is -3.07. The number of aromatic nitrogens is 2. The maximum absolute atomic E-state index is 11.9. The Labute approximate surface area is 140 Å². The minimum absolute atomic E-state index is 0.120. The first kappa shape index (κ1) is 15.7. The molecule has 1 aliphatic carbocycles. The fourth-order valence-corrected chi connectivity index (χ4v) is 5.64. The predicted molar refractivity (Wildman–Crippen MR) is 88.2 cm³/mol. The van der Waals surface area contributed by atoms with Crippen LogP contribution in [0.2, 0.25) is 0 Å². The maximum Gasteiger partial charge on any atom is 0.214 e. The van der Waals surface area contributed by atoms with Crippen LogP contribution in [0.1, 0.15) is 30.7 Å². The Morgan fingerprint density at radius 3 is 2.78 bits per heavy atom. The molecule has 0 aromatic carbocycles. The molecule has 128 valence electrons. The highest BCUT2D eigenvalue weighted by Gasteiger charge is 2.53. The lowest BCUT2D eigenvalue weighted by molar-refractivity contribution is -0.0451. The molecule has 0 amide bonds. The number of aryl methyl sites for hydroxylation is 1. The molecular formula is C14H22N4O3S2. The molecule has 3 aliphatic rings. The van der Waals surface area contributed by atoms with Gasteiger partial charge >= 0.3 is 0 Å². The van der Waals surface area contributed by atoms with Crippen molar-refractivity contribution in [2.45, 2.75) is 43.5 Å². The Balaban J connectivity index is 1.31. The van der Waals surface area contributed by atoms with E-state index >= 15 is 0 Å². The van der Waals surface area contributed by atoms with Gasteiger partial charge in [0.05, 0.1) is 18.3 Å². The van der Waals surface area contributed by atoms with E-state index in [0.29, 0.717) is 12.5 Å². The molecule has 1 saturated carbocycles. The highest BCUT2D eigenvalue weighted by molar-refractivity contribution is 7.90. The van der Waals surface area contributed by atoms with Gasteiger partial charge in [-0.15, -0.1) is 10.2 Å². The third kappa shape index (κ3) is 2.99. The summed E-state index contributed by atoms with van der Waals surface area (Å²) in [6.07, 6.45) is 3.47.